The molecule has 1 unspecified atom stereocenters. The summed E-state index contributed by atoms with van der Waals surface area (Å²) in [5.41, 5.74) is 5.91. The minimum Gasteiger partial charge on any atom is -0.453 e. The van der Waals surface area contributed by atoms with Crippen LogP contribution in [0, 0.1) is 0 Å². The minimum absolute atomic E-state index is 0.104. The average molecular weight is 514 g/mol. The van der Waals surface area contributed by atoms with Crippen LogP contribution >= 0.6 is 23.1 Å². The number of rotatable bonds is 12. The fraction of sp³-hybridized carbons (Fsp3) is 0.550. The van der Waals surface area contributed by atoms with E-state index < -0.39 is 35.3 Å². The second-order valence-corrected chi connectivity index (χ2v) is 9.05. The molecule has 186 valence electrons. The number of fused-ring (bicyclic) bond motifs is 1. The number of carbonyl (C=O) groups excluding carboxylic acids is 3. The summed E-state index contributed by atoms with van der Waals surface area (Å²) < 4.78 is 16.3. The summed E-state index contributed by atoms with van der Waals surface area (Å²) in [5, 5.41) is 7.74. The van der Waals surface area contributed by atoms with Crippen molar-refractivity contribution in [1.82, 2.24) is 15.2 Å². The average Bonchev–Trinajstić information content (AvgIpc) is 3.27. The number of nitrogens with one attached hydrogen (secondary N) is 1. The number of esters is 1. The summed E-state index contributed by atoms with van der Waals surface area (Å²) in [6, 6.07) is -0.852. The van der Waals surface area contributed by atoms with E-state index in [1.54, 1.807) is 11.5 Å². The number of aromatic nitrogens is 1. The molecule has 3 rings (SSSR count). The normalized spacial score (nSPS) is 19.9. The number of nitrogens with zero attached hydrogens (tertiary/aromatic N) is 3. The van der Waals surface area contributed by atoms with E-state index in [-0.39, 0.29) is 35.4 Å². The number of hydrogen-bond donors (Lipinski definition) is 2. The van der Waals surface area contributed by atoms with Crippen molar-refractivity contribution in [2.45, 2.75) is 31.4 Å². The molecule has 1 saturated heterocycles. The number of anilines is 1. The van der Waals surface area contributed by atoms with Crippen LogP contribution in [0.1, 0.15) is 19.5 Å². The molecule has 0 saturated carbocycles. The third-order valence-corrected chi connectivity index (χ3v) is 6.65. The highest BCUT2D eigenvalue weighted by atomic mass is 32.2. The zero-order chi connectivity index (χ0) is 24.7. The Hall–Kier alpha value is -2.68. The molecule has 2 aliphatic heterocycles. The first-order valence-corrected chi connectivity index (χ1v) is 12.5. The molecule has 12 nitrogen and oxygen atoms in total. The SMILES string of the molecule is CCOCC(COCC)OC(=O)C1=CCS[C@H]2C(NC(=O)C(=NOC)c3csc(N)n3)C(=O)N12. The summed E-state index contributed by atoms with van der Waals surface area (Å²) in [6.07, 6.45) is 1.03. The van der Waals surface area contributed by atoms with Crippen molar-refractivity contribution in [1.29, 1.82) is 0 Å². The number of ether oxygens (including phenoxy) is 3. The minimum atomic E-state index is -0.852. The Labute approximate surface area is 204 Å². The standard InChI is InChI=1S/C20H27N5O7S2/c1-4-30-8-11(9-31-5-2)32-19(28)13-6-7-33-18-15(17(27)25(13)18)23-16(26)14(24-29-3)12-10-34-20(21)22-12/h6,10-11,15,18H,4-5,7-9H2,1-3H3,(H2,21,22)(H,23,26)/t15?,18-/m0/s1. The van der Waals surface area contributed by atoms with Gasteiger partial charge in [-0.1, -0.05) is 5.16 Å². The van der Waals surface area contributed by atoms with Crippen molar-refractivity contribution < 1.29 is 33.4 Å². The van der Waals surface area contributed by atoms with Crippen LogP contribution in [0.4, 0.5) is 5.13 Å². The van der Waals surface area contributed by atoms with Gasteiger partial charge in [0.05, 0.1) is 13.2 Å². The number of nitrogen functional groups attached to an aromatic ring is 1. The van der Waals surface area contributed by atoms with Crippen LogP contribution in [0.25, 0.3) is 0 Å². The first-order valence-electron chi connectivity index (χ1n) is 10.6. The lowest BCUT2D eigenvalue weighted by Crippen LogP contribution is -2.70. The number of thiazole rings is 1. The molecule has 2 amide bonds. The fourth-order valence-corrected chi connectivity index (χ4v) is 5.00. The van der Waals surface area contributed by atoms with Gasteiger partial charge in [0.15, 0.2) is 10.8 Å². The van der Waals surface area contributed by atoms with Gasteiger partial charge >= 0.3 is 5.97 Å². The zero-order valence-corrected chi connectivity index (χ0v) is 20.6. The predicted molar refractivity (Wildman–Crippen MR) is 126 cm³/mol. The van der Waals surface area contributed by atoms with Gasteiger partial charge in [0, 0.05) is 24.3 Å². The molecule has 1 fully saturated rings. The number of oxime groups is 1. The van der Waals surface area contributed by atoms with E-state index in [0.717, 1.165) is 11.3 Å². The van der Waals surface area contributed by atoms with Crippen LogP contribution in [0.15, 0.2) is 22.3 Å². The molecule has 0 bridgehead atoms. The van der Waals surface area contributed by atoms with Crippen LogP contribution < -0.4 is 11.1 Å². The number of β-lactam (4-membered cyclic amide) rings is 1. The Morgan fingerprint density at radius 3 is 2.62 bits per heavy atom. The highest BCUT2D eigenvalue weighted by Gasteiger charge is 2.53. The number of amides is 2. The predicted octanol–water partition coefficient (Wildman–Crippen LogP) is 0.344. The van der Waals surface area contributed by atoms with E-state index in [1.807, 2.05) is 13.8 Å². The molecule has 3 heterocycles. The number of hydrogen-bond acceptors (Lipinski definition) is 12. The van der Waals surface area contributed by atoms with Crippen molar-refractivity contribution in [3.63, 3.8) is 0 Å². The number of nitrogens with two attached hydrogens (primary N) is 1. The maximum Gasteiger partial charge on any atom is 0.355 e. The monoisotopic (exact) mass is 513 g/mol. The summed E-state index contributed by atoms with van der Waals surface area (Å²) in [6.45, 7) is 4.98. The fourth-order valence-electron chi connectivity index (χ4n) is 3.26. The number of thioether (sulfide) groups is 1. The summed E-state index contributed by atoms with van der Waals surface area (Å²) in [5.74, 6) is -1.26. The Kier molecular flexibility index (Phi) is 9.27. The van der Waals surface area contributed by atoms with Crippen molar-refractivity contribution in [2.75, 3.05) is 45.0 Å². The molecule has 14 heteroatoms. The lowest BCUT2D eigenvalue weighted by Gasteiger charge is -2.48. The van der Waals surface area contributed by atoms with Crippen LogP contribution in [0.5, 0.6) is 0 Å². The topological polar surface area (TPSA) is 155 Å². The van der Waals surface area contributed by atoms with Gasteiger partial charge in [-0.3, -0.25) is 14.5 Å². The van der Waals surface area contributed by atoms with Gasteiger partial charge in [0.2, 0.25) is 0 Å². The molecule has 2 atom stereocenters. The van der Waals surface area contributed by atoms with E-state index in [2.05, 4.69) is 15.5 Å². The van der Waals surface area contributed by atoms with E-state index in [0.29, 0.717) is 19.0 Å². The molecule has 1 aromatic heterocycles. The molecule has 2 aliphatic rings. The summed E-state index contributed by atoms with van der Waals surface area (Å²) in [4.78, 5) is 48.7. The maximum atomic E-state index is 12.9. The molecule has 0 aliphatic carbocycles. The van der Waals surface area contributed by atoms with Gasteiger partial charge in [0.1, 0.15) is 36.0 Å². The lowest BCUT2D eigenvalue weighted by atomic mass is 10.0. The third kappa shape index (κ3) is 5.87. The van der Waals surface area contributed by atoms with E-state index in [4.69, 9.17) is 24.8 Å². The van der Waals surface area contributed by atoms with Crippen LogP contribution in [-0.4, -0.2) is 90.2 Å². The van der Waals surface area contributed by atoms with E-state index >= 15 is 0 Å². The number of carbonyl (C=O) groups is 3. The molecular formula is C20H27N5O7S2. The third-order valence-electron chi connectivity index (χ3n) is 4.79. The summed E-state index contributed by atoms with van der Waals surface area (Å²) in [7, 11) is 1.29. The summed E-state index contributed by atoms with van der Waals surface area (Å²) >= 11 is 2.56. The second kappa shape index (κ2) is 12.1. The molecule has 0 spiro atoms. The van der Waals surface area contributed by atoms with Crippen LogP contribution in [0.3, 0.4) is 0 Å². The van der Waals surface area contributed by atoms with Crippen LogP contribution in [0.2, 0.25) is 0 Å². The Bertz CT molecular complexity index is 959. The van der Waals surface area contributed by atoms with Gasteiger partial charge in [-0.15, -0.1) is 23.1 Å². The molecule has 0 radical (unpaired) electrons. The molecular weight excluding hydrogens is 486 g/mol. The molecule has 34 heavy (non-hydrogen) atoms. The quantitative estimate of drug-likeness (QED) is 0.173. The van der Waals surface area contributed by atoms with Crippen LogP contribution in [-0.2, 0) is 33.4 Å². The highest BCUT2D eigenvalue weighted by molar-refractivity contribution is 8.00. The van der Waals surface area contributed by atoms with Gasteiger partial charge in [-0.25, -0.2) is 9.78 Å². The largest absolute Gasteiger partial charge is 0.453 e. The van der Waals surface area contributed by atoms with E-state index in [1.165, 1.54) is 23.8 Å². The maximum absolute atomic E-state index is 12.9. The Morgan fingerprint density at radius 1 is 1.32 bits per heavy atom. The second-order valence-electron chi connectivity index (χ2n) is 7.01. The van der Waals surface area contributed by atoms with E-state index in [9.17, 15) is 14.4 Å². The lowest BCUT2D eigenvalue weighted by molar-refractivity contribution is -0.159. The molecule has 0 aromatic carbocycles. The first kappa shape index (κ1) is 25.9. The molecule has 3 N–H and O–H groups in total. The van der Waals surface area contributed by atoms with Gasteiger partial charge in [0.25, 0.3) is 11.8 Å². The Balaban J connectivity index is 1.65. The van der Waals surface area contributed by atoms with Crippen molar-refractivity contribution in [3.05, 3.63) is 22.8 Å². The van der Waals surface area contributed by atoms with Gasteiger partial charge < -0.3 is 30.1 Å². The van der Waals surface area contributed by atoms with Crippen molar-refractivity contribution in [3.8, 4) is 0 Å². The first-order chi connectivity index (χ1) is 16.4. The zero-order valence-electron chi connectivity index (χ0n) is 19.0. The highest BCUT2D eigenvalue weighted by Crippen LogP contribution is 2.38. The van der Waals surface area contributed by atoms with Crippen molar-refractivity contribution >= 4 is 51.7 Å². The smallest absolute Gasteiger partial charge is 0.355 e. The van der Waals surface area contributed by atoms with Crippen molar-refractivity contribution in [2.24, 2.45) is 5.16 Å². The molecule has 1 aromatic rings. The van der Waals surface area contributed by atoms with Gasteiger partial charge in [-0.05, 0) is 19.9 Å². The Morgan fingerprint density at radius 2 is 2.03 bits per heavy atom. The van der Waals surface area contributed by atoms with Gasteiger partial charge in [-0.2, -0.15) is 0 Å².